The number of alkyl halides is 4. The van der Waals surface area contributed by atoms with Crippen molar-refractivity contribution < 1.29 is 17.6 Å². The predicted molar refractivity (Wildman–Crippen MR) is 95.2 cm³/mol. The van der Waals surface area contributed by atoms with Gasteiger partial charge in [0.15, 0.2) is 0 Å². The molecule has 1 atom stereocenters. The Balaban J connectivity index is 1.82. The van der Waals surface area contributed by atoms with Crippen LogP contribution < -0.4 is 5.32 Å². The lowest BCUT2D eigenvalue weighted by molar-refractivity contribution is -0.137. The van der Waals surface area contributed by atoms with E-state index >= 15 is 0 Å². The van der Waals surface area contributed by atoms with E-state index in [-0.39, 0.29) is 11.1 Å². The van der Waals surface area contributed by atoms with E-state index in [2.05, 4.69) is 16.5 Å². The second-order valence-electron chi connectivity index (χ2n) is 7.45. The summed E-state index contributed by atoms with van der Waals surface area (Å²) in [5, 5.41) is 7.46. The van der Waals surface area contributed by atoms with Gasteiger partial charge in [0.25, 0.3) is 0 Å². The maximum absolute atomic E-state index is 14.2. The second kappa shape index (κ2) is 6.48. The van der Waals surface area contributed by atoms with Crippen LogP contribution in [-0.2, 0) is 6.18 Å². The molecule has 0 bridgehead atoms. The monoisotopic (exact) mass is 379 g/mol. The van der Waals surface area contributed by atoms with Gasteiger partial charge in [-0.25, -0.2) is 9.07 Å². The molecule has 27 heavy (non-hydrogen) atoms. The highest BCUT2D eigenvalue weighted by Crippen LogP contribution is 2.51. The number of hydrogen-bond acceptors (Lipinski definition) is 2. The summed E-state index contributed by atoms with van der Waals surface area (Å²) in [5.74, 6) is 0. The van der Waals surface area contributed by atoms with Crippen LogP contribution in [0, 0.1) is 5.41 Å². The highest BCUT2D eigenvalue weighted by molar-refractivity contribution is 5.74. The Morgan fingerprint density at radius 1 is 1.19 bits per heavy atom. The van der Waals surface area contributed by atoms with Crippen LogP contribution in [0.5, 0.6) is 0 Å². The Kier molecular flexibility index (Phi) is 4.37. The number of piperidine rings is 1. The van der Waals surface area contributed by atoms with Gasteiger partial charge in [-0.1, -0.05) is 18.2 Å². The Hall–Kier alpha value is -2.15. The third-order valence-electron chi connectivity index (χ3n) is 5.59. The summed E-state index contributed by atoms with van der Waals surface area (Å²) in [6.07, 6.45) is 0.372. The van der Waals surface area contributed by atoms with Crippen LogP contribution >= 0.6 is 0 Å². The van der Waals surface area contributed by atoms with Gasteiger partial charge >= 0.3 is 6.18 Å². The lowest BCUT2D eigenvalue weighted by Gasteiger charge is -2.43. The van der Waals surface area contributed by atoms with Gasteiger partial charge in [0.2, 0.25) is 0 Å². The van der Waals surface area contributed by atoms with E-state index in [0.717, 1.165) is 44.0 Å². The van der Waals surface area contributed by atoms with Crippen molar-refractivity contribution >= 4 is 5.57 Å². The summed E-state index contributed by atoms with van der Waals surface area (Å²) in [5.41, 5.74) is 0.914. The highest BCUT2D eigenvalue weighted by atomic mass is 19.4. The molecule has 1 unspecified atom stereocenters. The normalized spacial score (nSPS) is 20.3. The third-order valence-corrected chi connectivity index (χ3v) is 5.59. The van der Waals surface area contributed by atoms with Gasteiger partial charge in [0, 0.05) is 5.56 Å². The maximum atomic E-state index is 14.2. The number of allylic oxidation sites excluding steroid dienone is 2. The van der Waals surface area contributed by atoms with E-state index in [4.69, 9.17) is 0 Å². The molecule has 7 heteroatoms. The first-order valence-corrected chi connectivity index (χ1v) is 9.12. The molecular weight excluding hydrogens is 358 g/mol. The lowest BCUT2D eigenvalue weighted by atomic mass is 9.64. The zero-order valence-electron chi connectivity index (χ0n) is 15.0. The van der Waals surface area contributed by atoms with Crippen LogP contribution in [0.1, 0.15) is 49.2 Å². The van der Waals surface area contributed by atoms with E-state index in [1.54, 1.807) is 0 Å². The number of aromatic nitrogens is 2. The molecular formula is C20H21F4N3. The third kappa shape index (κ3) is 3.18. The summed E-state index contributed by atoms with van der Waals surface area (Å²) in [6.45, 7) is 3.23. The fourth-order valence-electron chi connectivity index (χ4n) is 4.17. The number of nitrogens with one attached hydrogen (secondary N) is 1. The molecule has 2 aliphatic rings. The molecule has 144 valence electrons. The van der Waals surface area contributed by atoms with Crippen molar-refractivity contribution in [1.29, 1.82) is 0 Å². The fourth-order valence-corrected chi connectivity index (χ4v) is 4.17. The quantitative estimate of drug-likeness (QED) is 0.754. The van der Waals surface area contributed by atoms with Gasteiger partial charge in [-0.2, -0.15) is 18.3 Å². The molecule has 1 fully saturated rings. The van der Waals surface area contributed by atoms with Crippen LogP contribution in [-0.4, -0.2) is 22.9 Å². The van der Waals surface area contributed by atoms with Gasteiger partial charge in [0.1, 0.15) is 6.17 Å². The van der Waals surface area contributed by atoms with Crippen molar-refractivity contribution in [2.45, 2.75) is 38.5 Å². The number of benzene rings is 1. The topological polar surface area (TPSA) is 29.9 Å². The fraction of sp³-hybridized carbons (Fsp3) is 0.450. The molecule has 2 aromatic rings. The SMILES string of the molecule is CC(F)c1cnn(-c2ccccc2C(F)(F)F)c1C1=CC2(CCNCC2)C1. The molecule has 1 aliphatic carbocycles. The lowest BCUT2D eigenvalue weighted by Crippen LogP contribution is -2.39. The van der Waals surface area contributed by atoms with Crippen molar-refractivity contribution in [3.63, 3.8) is 0 Å². The minimum atomic E-state index is -4.51. The molecule has 0 amide bonds. The first kappa shape index (κ1) is 18.2. The van der Waals surface area contributed by atoms with E-state index < -0.39 is 17.9 Å². The minimum absolute atomic E-state index is 0.0703. The van der Waals surface area contributed by atoms with E-state index in [0.29, 0.717) is 11.3 Å². The van der Waals surface area contributed by atoms with Crippen molar-refractivity contribution in [2.24, 2.45) is 5.41 Å². The average Bonchev–Trinajstić information content (AvgIpc) is 3.04. The smallest absolute Gasteiger partial charge is 0.317 e. The summed E-state index contributed by atoms with van der Waals surface area (Å²) in [7, 11) is 0. The van der Waals surface area contributed by atoms with Gasteiger partial charge in [-0.15, -0.1) is 0 Å². The minimum Gasteiger partial charge on any atom is -0.317 e. The van der Waals surface area contributed by atoms with Crippen molar-refractivity contribution in [1.82, 2.24) is 15.1 Å². The van der Waals surface area contributed by atoms with E-state index in [9.17, 15) is 17.6 Å². The molecule has 1 spiro atoms. The summed E-state index contributed by atoms with van der Waals surface area (Å²) in [6, 6.07) is 5.30. The van der Waals surface area contributed by atoms with E-state index in [1.807, 2.05) is 0 Å². The molecule has 0 saturated carbocycles. The number of para-hydroxylation sites is 1. The first-order valence-electron chi connectivity index (χ1n) is 9.12. The van der Waals surface area contributed by atoms with Crippen molar-refractivity contribution in [2.75, 3.05) is 13.1 Å². The highest BCUT2D eigenvalue weighted by Gasteiger charge is 2.41. The molecule has 1 aromatic carbocycles. The molecule has 2 heterocycles. The summed E-state index contributed by atoms with van der Waals surface area (Å²) >= 11 is 0. The molecule has 0 radical (unpaired) electrons. The van der Waals surface area contributed by atoms with E-state index in [1.165, 1.54) is 36.0 Å². The standard InChI is InChI=1S/C20H21F4N3/c1-13(21)15-12-26-27(17-5-3-2-4-16(17)20(22,23)24)18(15)14-10-19(11-14)6-8-25-9-7-19/h2-5,10,12-13,25H,6-9,11H2,1H3. The first-order chi connectivity index (χ1) is 12.8. The van der Waals surface area contributed by atoms with Crippen molar-refractivity contribution in [3.8, 4) is 5.69 Å². The Morgan fingerprint density at radius 2 is 1.85 bits per heavy atom. The van der Waals surface area contributed by atoms with Crippen LogP contribution in [0.3, 0.4) is 0 Å². The summed E-state index contributed by atoms with van der Waals surface area (Å²) in [4.78, 5) is 0. The number of halogens is 4. The van der Waals surface area contributed by atoms with Crippen LogP contribution in [0.2, 0.25) is 0 Å². The predicted octanol–water partition coefficient (Wildman–Crippen LogP) is 5.08. The van der Waals surface area contributed by atoms with Gasteiger partial charge in [-0.3, -0.25) is 0 Å². The molecule has 3 nitrogen and oxygen atoms in total. The molecule has 4 rings (SSSR count). The van der Waals surface area contributed by atoms with Crippen LogP contribution in [0.25, 0.3) is 11.3 Å². The van der Waals surface area contributed by atoms with Gasteiger partial charge in [0.05, 0.1) is 23.1 Å². The van der Waals surface area contributed by atoms with Gasteiger partial charge < -0.3 is 5.32 Å². The molecule has 1 saturated heterocycles. The Labute approximate surface area is 155 Å². The zero-order valence-corrected chi connectivity index (χ0v) is 15.0. The number of rotatable bonds is 3. The van der Waals surface area contributed by atoms with Crippen LogP contribution in [0.15, 0.2) is 36.5 Å². The average molecular weight is 379 g/mol. The largest absolute Gasteiger partial charge is 0.418 e. The number of hydrogen-bond donors (Lipinski definition) is 1. The Morgan fingerprint density at radius 3 is 2.48 bits per heavy atom. The molecule has 1 aliphatic heterocycles. The molecule has 1 aromatic heterocycles. The molecule has 1 N–H and O–H groups in total. The van der Waals surface area contributed by atoms with Crippen molar-refractivity contribution in [3.05, 3.63) is 53.4 Å². The van der Waals surface area contributed by atoms with Gasteiger partial charge in [-0.05, 0) is 62.4 Å². The number of nitrogens with zero attached hydrogens (tertiary/aromatic N) is 2. The maximum Gasteiger partial charge on any atom is 0.418 e. The van der Waals surface area contributed by atoms with Crippen LogP contribution in [0.4, 0.5) is 17.6 Å². The second-order valence-corrected chi connectivity index (χ2v) is 7.45. The zero-order chi connectivity index (χ0) is 19.2. The summed E-state index contributed by atoms with van der Waals surface area (Å²) < 4.78 is 55.9. The Bertz CT molecular complexity index is 874.